The highest BCUT2D eigenvalue weighted by atomic mass is 16.5. The molecule has 0 aliphatic rings. The lowest BCUT2D eigenvalue weighted by molar-refractivity contribution is -0.121. The lowest BCUT2D eigenvalue weighted by Gasteiger charge is -2.15. The Morgan fingerprint density at radius 3 is 1.87 bits per heavy atom. The van der Waals surface area contributed by atoms with Crippen LogP contribution in [0, 0.1) is 0 Å². The molecular formula is C25H42N2O3. The lowest BCUT2D eigenvalue weighted by Crippen LogP contribution is -2.21. The molecule has 0 saturated carbocycles. The third-order valence-electron chi connectivity index (χ3n) is 5.37. The van der Waals surface area contributed by atoms with Crippen LogP contribution in [0.15, 0.2) is 24.3 Å². The highest BCUT2D eigenvalue weighted by Gasteiger charge is 2.09. The highest BCUT2D eigenvalue weighted by molar-refractivity contribution is 5.91. The predicted molar refractivity (Wildman–Crippen MR) is 125 cm³/mol. The number of ether oxygens (including phenoxy) is 1. The first-order chi connectivity index (χ1) is 14.5. The van der Waals surface area contributed by atoms with Crippen LogP contribution in [0.2, 0.25) is 0 Å². The van der Waals surface area contributed by atoms with Crippen molar-refractivity contribution in [3.63, 3.8) is 0 Å². The van der Waals surface area contributed by atoms with Crippen LogP contribution in [0.25, 0.3) is 0 Å². The Morgan fingerprint density at radius 2 is 1.37 bits per heavy atom. The van der Waals surface area contributed by atoms with Crippen LogP contribution in [-0.4, -0.2) is 24.5 Å². The number of nitrogens with one attached hydrogen (secondary N) is 1. The van der Waals surface area contributed by atoms with Crippen LogP contribution < -0.4 is 11.1 Å². The summed E-state index contributed by atoms with van der Waals surface area (Å²) in [7, 11) is 0. The molecule has 30 heavy (non-hydrogen) atoms. The van der Waals surface area contributed by atoms with Gasteiger partial charge in [0.15, 0.2) is 6.61 Å². The fourth-order valence-electron chi connectivity index (χ4n) is 3.57. The number of carbonyl (C=O) groups is 2. The third-order valence-corrected chi connectivity index (χ3v) is 5.37. The number of unbranched alkanes of at least 4 members (excludes halogenated alkanes) is 11. The van der Waals surface area contributed by atoms with Crippen LogP contribution in [0.3, 0.4) is 0 Å². The molecule has 0 saturated heterocycles. The summed E-state index contributed by atoms with van der Waals surface area (Å²) in [6.45, 7) is 4.06. The maximum atomic E-state index is 11.8. The van der Waals surface area contributed by atoms with E-state index >= 15 is 0 Å². The van der Waals surface area contributed by atoms with Crippen molar-refractivity contribution >= 4 is 17.6 Å². The summed E-state index contributed by atoms with van der Waals surface area (Å²) in [5, 5.41) is 3.47. The maximum absolute atomic E-state index is 11.8. The average molecular weight is 419 g/mol. The van der Waals surface area contributed by atoms with Gasteiger partial charge in [0.2, 0.25) is 0 Å². The zero-order chi connectivity index (χ0) is 22.0. The summed E-state index contributed by atoms with van der Waals surface area (Å²) in [5.74, 6) is -1.20. The molecule has 1 aromatic carbocycles. The summed E-state index contributed by atoms with van der Waals surface area (Å²) in [5.41, 5.74) is 6.37. The van der Waals surface area contributed by atoms with Crippen LogP contribution in [-0.2, 0) is 9.53 Å². The Kier molecular flexibility index (Phi) is 14.5. The second-order valence-corrected chi connectivity index (χ2v) is 8.34. The number of nitrogens with two attached hydrogens (primary N) is 1. The quantitative estimate of drug-likeness (QED) is 0.219. The van der Waals surface area contributed by atoms with Gasteiger partial charge in [0, 0.05) is 11.7 Å². The van der Waals surface area contributed by atoms with Gasteiger partial charge in [0.05, 0.1) is 5.56 Å². The third kappa shape index (κ3) is 13.2. The summed E-state index contributed by atoms with van der Waals surface area (Å²) in [6.07, 6.45) is 17.5. The van der Waals surface area contributed by atoms with E-state index in [9.17, 15) is 9.59 Å². The van der Waals surface area contributed by atoms with Crippen molar-refractivity contribution in [1.82, 2.24) is 0 Å². The van der Waals surface area contributed by atoms with Gasteiger partial charge in [-0.25, -0.2) is 4.79 Å². The van der Waals surface area contributed by atoms with Gasteiger partial charge in [-0.3, -0.25) is 4.79 Å². The summed E-state index contributed by atoms with van der Waals surface area (Å²) < 4.78 is 4.80. The predicted octanol–water partition coefficient (Wildman–Crippen LogP) is 6.22. The van der Waals surface area contributed by atoms with Crippen molar-refractivity contribution < 1.29 is 14.3 Å². The number of anilines is 1. The number of esters is 1. The van der Waals surface area contributed by atoms with Crippen LogP contribution in [0.5, 0.6) is 0 Å². The van der Waals surface area contributed by atoms with Crippen molar-refractivity contribution in [2.75, 3.05) is 11.9 Å². The molecule has 0 fully saturated rings. The standard InChI is InChI=1S/C25H42N2O3/c1-3-4-5-6-7-8-9-10-11-12-13-14-15-21(2)27-23-18-16-22(17-19-23)25(29)30-20-24(26)28/h16-19,21,27H,3-15,20H2,1-2H3,(H2,26,28). The molecule has 0 bridgehead atoms. The van der Waals surface area contributed by atoms with Gasteiger partial charge in [-0.2, -0.15) is 0 Å². The molecule has 170 valence electrons. The maximum Gasteiger partial charge on any atom is 0.338 e. The molecule has 1 amide bonds. The first-order valence-electron chi connectivity index (χ1n) is 11.8. The Morgan fingerprint density at radius 1 is 0.867 bits per heavy atom. The second kappa shape index (κ2) is 16.7. The smallest absolute Gasteiger partial charge is 0.338 e. The topological polar surface area (TPSA) is 81.4 Å². The molecule has 5 nitrogen and oxygen atoms in total. The normalized spacial score (nSPS) is 11.8. The SMILES string of the molecule is CCCCCCCCCCCCCCC(C)Nc1ccc(C(=O)OCC(N)=O)cc1. The first-order valence-corrected chi connectivity index (χ1v) is 11.8. The number of amides is 1. The molecule has 0 aliphatic carbocycles. The van der Waals surface area contributed by atoms with Gasteiger partial charge in [0.1, 0.15) is 0 Å². The van der Waals surface area contributed by atoms with Crippen molar-refractivity contribution in [1.29, 1.82) is 0 Å². The largest absolute Gasteiger partial charge is 0.452 e. The number of benzene rings is 1. The van der Waals surface area contributed by atoms with E-state index < -0.39 is 18.5 Å². The van der Waals surface area contributed by atoms with Crippen LogP contribution >= 0.6 is 0 Å². The molecule has 0 radical (unpaired) electrons. The molecule has 0 aromatic heterocycles. The van der Waals surface area contributed by atoms with Gasteiger partial charge < -0.3 is 15.8 Å². The first kappa shape index (κ1) is 26.0. The molecule has 0 spiro atoms. The molecule has 3 N–H and O–H groups in total. The Hall–Kier alpha value is -2.04. The zero-order valence-electron chi connectivity index (χ0n) is 19.1. The molecular weight excluding hydrogens is 376 g/mol. The van der Waals surface area contributed by atoms with Crippen molar-refractivity contribution in [2.45, 2.75) is 103 Å². The number of hydrogen-bond acceptors (Lipinski definition) is 4. The van der Waals surface area contributed by atoms with E-state index in [4.69, 9.17) is 10.5 Å². The van der Waals surface area contributed by atoms with Crippen molar-refractivity contribution in [3.8, 4) is 0 Å². The molecule has 5 heteroatoms. The van der Waals surface area contributed by atoms with E-state index in [-0.39, 0.29) is 0 Å². The number of rotatable bonds is 18. The highest BCUT2D eigenvalue weighted by Crippen LogP contribution is 2.16. The van der Waals surface area contributed by atoms with E-state index in [1.54, 1.807) is 12.1 Å². The van der Waals surface area contributed by atoms with Gasteiger partial charge in [-0.05, 0) is 37.6 Å². The number of carbonyl (C=O) groups excluding carboxylic acids is 2. The summed E-state index contributed by atoms with van der Waals surface area (Å²) >= 11 is 0. The fourth-order valence-corrected chi connectivity index (χ4v) is 3.57. The monoisotopic (exact) mass is 418 g/mol. The Labute approximate surface area is 183 Å². The Balaban J connectivity index is 2.05. The van der Waals surface area contributed by atoms with E-state index in [2.05, 4.69) is 19.2 Å². The molecule has 1 rings (SSSR count). The molecule has 1 aromatic rings. The van der Waals surface area contributed by atoms with Crippen molar-refractivity contribution in [2.24, 2.45) is 5.73 Å². The zero-order valence-corrected chi connectivity index (χ0v) is 19.1. The average Bonchev–Trinajstić information content (AvgIpc) is 2.73. The summed E-state index contributed by atoms with van der Waals surface area (Å²) in [4.78, 5) is 22.4. The molecule has 1 unspecified atom stereocenters. The minimum Gasteiger partial charge on any atom is -0.452 e. The lowest BCUT2D eigenvalue weighted by atomic mass is 10.0. The molecule has 0 aliphatic heterocycles. The van der Waals surface area contributed by atoms with Gasteiger partial charge in [-0.15, -0.1) is 0 Å². The minimum absolute atomic E-state index is 0.390. The van der Waals surface area contributed by atoms with Crippen LogP contribution in [0.1, 0.15) is 108 Å². The summed E-state index contributed by atoms with van der Waals surface area (Å²) in [6, 6.07) is 7.50. The van der Waals surface area contributed by atoms with Gasteiger partial charge in [-0.1, -0.05) is 84.0 Å². The molecule has 1 atom stereocenters. The van der Waals surface area contributed by atoms with Crippen molar-refractivity contribution in [3.05, 3.63) is 29.8 Å². The van der Waals surface area contributed by atoms with E-state index in [0.29, 0.717) is 11.6 Å². The number of hydrogen-bond donors (Lipinski definition) is 2. The van der Waals surface area contributed by atoms with Crippen LogP contribution in [0.4, 0.5) is 5.69 Å². The molecule has 0 heterocycles. The Bertz CT molecular complexity index is 587. The second-order valence-electron chi connectivity index (χ2n) is 8.34. The van der Waals surface area contributed by atoms with Gasteiger partial charge >= 0.3 is 5.97 Å². The van der Waals surface area contributed by atoms with E-state index in [0.717, 1.165) is 12.1 Å². The number of primary amides is 1. The van der Waals surface area contributed by atoms with E-state index in [1.807, 2.05) is 12.1 Å². The van der Waals surface area contributed by atoms with E-state index in [1.165, 1.54) is 77.0 Å². The van der Waals surface area contributed by atoms with Gasteiger partial charge in [0.25, 0.3) is 5.91 Å². The fraction of sp³-hybridized carbons (Fsp3) is 0.680. The minimum atomic E-state index is -0.659.